The van der Waals surface area contributed by atoms with Crippen molar-refractivity contribution < 1.29 is 30.0 Å². The molecule has 2 unspecified atom stereocenters. The van der Waals surface area contributed by atoms with Gasteiger partial charge in [-0.25, -0.2) is 9.59 Å². The molecule has 1 saturated heterocycles. The Labute approximate surface area is 190 Å². The second-order valence-electron chi connectivity index (χ2n) is 8.52. The van der Waals surface area contributed by atoms with Crippen molar-refractivity contribution in [2.75, 3.05) is 13.1 Å². The number of hydrogen-bond acceptors (Lipinski definition) is 7. The summed E-state index contributed by atoms with van der Waals surface area (Å²) in [4.78, 5) is 34.0. The van der Waals surface area contributed by atoms with E-state index in [4.69, 9.17) is 20.4 Å². The molecule has 1 aliphatic heterocycles. The summed E-state index contributed by atoms with van der Waals surface area (Å²) >= 11 is 0. The van der Waals surface area contributed by atoms with Crippen LogP contribution in [0.5, 0.6) is 0 Å². The van der Waals surface area contributed by atoms with Crippen molar-refractivity contribution in [2.45, 2.75) is 50.4 Å². The summed E-state index contributed by atoms with van der Waals surface area (Å²) in [5.41, 5.74) is 2.15. The van der Waals surface area contributed by atoms with Crippen molar-refractivity contribution in [3.05, 3.63) is 58.5 Å². The van der Waals surface area contributed by atoms with Gasteiger partial charge in [0.1, 0.15) is 0 Å². The maximum Gasteiger partial charge on any atom is 0.335 e. The first-order chi connectivity index (χ1) is 15.7. The molecule has 4 rings (SSSR count). The van der Waals surface area contributed by atoms with Crippen molar-refractivity contribution in [3.63, 3.8) is 0 Å². The molecule has 0 radical (unpaired) electrons. The van der Waals surface area contributed by atoms with Crippen LogP contribution in [0.4, 0.5) is 0 Å². The first-order valence-electron chi connectivity index (χ1n) is 10.9. The van der Waals surface area contributed by atoms with Gasteiger partial charge < -0.3 is 25.3 Å². The lowest BCUT2D eigenvalue weighted by molar-refractivity contribution is -0.165. The van der Waals surface area contributed by atoms with Crippen molar-refractivity contribution in [3.8, 4) is 5.69 Å². The standard InChI is InChI=1S/C19H23N3O.C4H6O6/c1-14-4-3-11-21(14)13-16-12-18(16)15-6-8-17(9-7-15)22-19(23)5-2-10-20-22;5-1(3(7)8)2(6)4(9)10/h2,5-10,14,16,18H,3-4,11-13H2,1H3;1-2,5-6H,(H,7,8)(H,9,10)/t14-,16+,18+;/m0./s1. The molecule has 0 amide bonds. The molecule has 2 fully saturated rings. The van der Waals surface area contributed by atoms with Gasteiger partial charge in [-0.2, -0.15) is 9.78 Å². The van der Waals surface area contributed by atoms with Gasteiger partial charge in [0.05, 0.1) is 5.69 Å². The highest BCUT2D eigenvalue weighted by molar-refractivity contribution is 5.83. The molecule has 10 nitrogen and oxygen atoms in total. The van der Waals surface area contributed by atoms with Crippen LogP contribution in [0.2, 0.25) is 0 Å². The third-order valence-electron chi connectivity index (χ3n) is 6.17. The van der Waals surface area contributed by atoms with E-state index in [-0.39, 0.29) is 5.56 Å². The molecule has 2 aliphatic rings. The minimum absolute atomic E-state index is 0.0902. The smallest absolute Gasteiger partial charge is 0.335 e. The maximum absolute atomic E-state index is 11.8. The summed E-state index contributed by atoms with van der Waals surface area (Å²) in [5.74, 6) is -2.04. The fourth-order valence-electron chi connectivity index (χ4n) is 4.11. The molecule has 4 N–H and O–H groups in total. The second-order valence-corrected chi connectivity index (χ2v) is 8.52. The molecule has 1 aromatic carbocycles. The Morgan fingerprint density at radius 2 is 1.73 bits per heavy atom. The molecular weight excluding hydrogens is 430 g/mol. The fourth-order valence-corrected chi connectivity index (χ4v) is 4.11. The molecular formula is C23H29N3O7. The molecule has 1 aromatic heterocycles. The number of hydrogen-bond donors (Lipinski definition) is 4. The van der Waals surface area contributed by atoms with Gasteiger partial charge in [-0.1, -0.05) is 12.1 Å². The van der Waals surface area contributed by atoms with Crippen LogP contribution in [0.3, 0.4) is 0 Å². The summed E-state index contributed by atoms with van der Waals surface area (Å²) in [5, 5.41) is 36.7. The highest BCUT2D eigenvalue weighted by Crippen LogP contribution is 2.48. The lowest BCUT2D eigenvalue weighted by atomic mass is 10.1. The van der Waals surface area contributed by atoms with Gasteiger partial charge in [-0.3, -0.25) is 4.79 Å². The highest BCUT2D eigenvalue weighted by atomic mass is 16.4. The first kappa shape index (κ1) is 24.6. The van der Waals surface area contributed by atoms with Crippen LogP contribution in [0, 0.1) is 5.92 Å². The molecule has 178 valence electrons. The third kappa shape index (κ3) is 6.25. The van der Waals surface area contributed by atoms with E-state index < -0.39 is 24.1 Å². The Morgan fingerprint density at radius 1 is 1.09 bits per heavy atom. The monoisotopic (exact) mass is 459 g/mol. The van der Waals surface area contributed by atoms with E-state index in [9.17, 15) is 14.4 Å². The number of likely N-dealkylation sites (tertiary alicyclic amines) is 1. The van der Waals surface area contributed by atoms with E-state index in [1.807, 2.05) is 12.1 Å². The zero-order valence-electron chi connectivity index (χ0n) is 18.3. The number of aromatic nitrogens is 2. The summed E-state index contributed by atoms with van der Waals surface area (Å²) in [6.45, 7) is 4.86. The average molecular weight is 459 g/mol. The third-order valence-corrected chi connectivity index (χ3v) is 6.17. The van der Waals surface area contributed by atoms with Crippen LogP contribution in [0.15, 0.2) is 47.4 Å². The van der Waals surface area contributed by atoms with Gasteiger partial charge in [0.25, 0.3) is 5.56 Å². The number of rotatable bonds is 7. The molecule has 10 heteroatoms. The van der Waals surface area contributed by atoms with Gasteiger partial charge in [-0.15, -0.1) is 0 Å². The number of nitrogens with zero attached hydrogens (tertiary/aromatic N) is 3. The van der Waals surface area contributed by atoms with E-state index in [1.54, 1.807) is 12.3 Å². The molecule has 1 aliphatic carbocycles. The van der Waals surface area contributed by atoms with Gasteiger partial charge in [0.15, 0.2) is 12.2 Å². The quantitative estimate of drug-likeness (QED) is 0.468. The summed E-state index contributed by atoms with van der Waals surface area (Å²) in [6.07, 6.45) is 1.11. The molecule has 0 spiro atoms. The number of aliphatic hydroxyl groups is 2. The molecule has 1 saturated carbocycles. The summed E-state index contributed by atoms with van der Waals surface area (Å²) < 4.78 is 1.44. The van der Waals surface area contributed by atoms with E-state index >= 15 is 0 Å². The molecule has 2 aromatic rings. The highest BCUT2D eigenvalue weighted by Gasteiger charge is 2.40. The summed E-state index contributed by atoms with van der Waals surface area (Å²) in [6, 6.07) is 12.3. The van der Waals surface area contributed by atoms with Crippen LogP contribution in [-0.4, -0.2) is 78.4 Å². The van der Waals surface area contributed by atoms with Crippen molar-refractivity contribution in [1.82, 2.24) is 14.7 Å². The first-order valence-corrected chi connectivity index (χ1v) is 10.9. The largest absolute Gasteiger partial charge is 0.479 e. The predicted octanol–water partition coefficient (Wildman–Crippen LogP) is 0.698. The predicted molar refractivity (Wildman–Crippen MR) is 118 cm³/mol. The Bertz CT molecular complexity index is 1010. The van der Waals surface area contributed by atoms with E-state index in [0.717, 1.165) is 17.6 Å². The lowest BCUT2D eigenvalue weighted by Crippen LogP contribution is -2.39. The number of benzene rings is 1. The SMILES string of the molecule is C[C@H]1CCCN1C[C@H]1C[C@@H]1c1ccc(-n2ncccc2=O)cc1.O=C(O)C(O)C(O)C(=O)O. The van der Waals surface area contributed by atoms with E-state index in [0.29, 0.717) is 5.92 Å². The van der Waals surface area contributed by atoms with Gasteiger partial charge in [-0.05, 0) is 68.3 Å². The van der Waals surface area contributed by atoms with Gasteiger partial charge >= 0.3 is 11.9 Å². The zero-order valence-corrected chi connectivity index (χ0v) is 18.3. The minimum Gasteiger partial charge on any atom is -0.479 e. The second kappa shape index (κ2) is 10.7. The topological polar surface area (TPSA) is 153 Å². The minimum atomic E-state index is -2.27. The lowest BCUT2D eigenvalue weighted by Gasteiger charge is -2.20. The molecule has 33 heavy (non-hydrogen) atoms. The van der Waals surface area contributed by atoms with Crippen LogP contribution >= 0.6 is 0 Å². The Balaban J connectivity index is 0.000000262. The zero-order chi connectivity index (χ0) is 24.1. The fraction of sp³-hybridized carbons (Fsp3) is 0.478. The van der Waals surface area contributed by atoms with E-state index in [2.05, 4.69) is 29.1 Å². The van der Waals surface area contributed by atoms with Crippen LogP contribution in [-0.2, 0) is 9.59 Å². The molecule has 0 bridgehead atoms. The molecule has 2 heterocycles. The Kier molecular flexibility index (Phi) is 7.96. The Morgan fingerprint density at radius 3 is 2.24 bits per heavy atom. The number of aliphatic hydroxyl groups excluding tert-OH is 2. The van der Waals surface area contributed by atoms with Crippen molar-refractivity contribution >= 4 is 11.9 Å². The number of carboxylic acid groups (broad SMARTS) is 2. The normalized spacial score (nSPS) is 23.8. The van der Waals surface area contributed by atoms with E-state index in [1.165, 1.54) is 48.7 Å². The van der Waals surface area contributed by atoms with Gasteiger partial charge in [0, 0.05) is 24.8 Å². The number of aliphatic carboxylic acids is 2. The molecule has 5 atom stereocenters. The Hall–Kier alpha value is -3.08. The summed E-state index contributed by atoms with van der Waals surface area (Å²) in [7, 11) is 0. The maximum atomic E-state index is 11.8. The number of carboxylic acids is 2. The van der Waals surface area contributed by atoms with Crippen LogP contribution < -0.4 is 5.56 Å². The number of carbonyl (C=O) groups is 2. The van der Waals surface area contributed by atoms with Gasteiger partial charge in [0.2, 0.25) is 0 Å². The van der Waals surface area contributed by atoms with Crippen LogP contribution in [0.1, 0.15) is 37.7 Å². The van der Waals surface area contributed by atoms with Crippen LogP contribution in [0.25, 0.3) is 5.69 Å². The average Bonchev–Trinajstić information content (AvgIpc) is 3.45. The van der Waals surface area contributed by atoms with Crippen molar-refractivity contribution in [1.29, 1.82) is 0 Å². The van der Waals surface area contributed by atoms with Crippen molar-refractivity contribution in [2.24, 2.45) is 5.92 Å².